The van der Waals surface area contributed by atoms with E-state index in [2.05, 4.69) is 11.2 Å². The van der Waals surface area contributed by atoms with Crippen LogP contribution in [-0.4, -0.2) is 32.0 Å². The Morgan fingerprint density at radius 3 is 2.81 bits per heavy atom. The number of benzene rings is 1. The molecule has 1 saturated heterocycles. The molecule has 1 aromatic rings. The van der Waals surface area contributed by atoms with Crippen LogP contribution in [0.2, 0.25) is 0 Å². The molecule has 0 aliphatic carbocycles. The summed E-state index contributed by atoms with van der Waals surface area (Å²) in [4.78, 5) is 25.7. The van der Waals surface area contributed by atoms with Gasteiger partial charge >= 0.3 is 0 Å². The van der Waals surface area contributed by atoms with Crippen molar-refractivity contribution in [2.75, 3.05) is 25.1 Å². The minimum absolute atomic E-state index is 0.0442. The lowest BCUT2D eigenvalue weighted by molar-refractivity contribution is -0.126. The van der Waals surface area contributed by atoms with Crippen LogP contribution in [0.25, 0.3) is 0 Å². The van der Waals surface area contributed by atoms with E-state index in [1.807, 2.05) is 12.1 Å². The smallest absolute Gasteiger partial charge is 0.227 e. The fraction of sp³-hybridized carbons (Fsp3) is 0.375. The number of terminal acetylenes is 1. The number of hydrogen-bond acceptors (Lipinski definition) is 3. The minimum Gasteiger partial charge on any atom is -0.497 e. The van der Waals surface area contributed by atoms with Crippen molar-refractivity contribution >= 4 is 17.5 Å². The average Bonchev–Trinajstić information content (AvgIpc) is 2.89. The zero-order valence-corrected chi connectivity index (χ0v) is 12.0. The van der Waals surface area contributed by atoms with Gasteiger partial charge in [0.15, 0.2) is 0 Å². The summed E-state index contributed by atoms with van der Waals surface area (Å²) in [5, 5.41) is 2.76. The molecule has 1 aliphatic rings. The fourth-order valence-corrected chi connectivity index (χ4v) is 2.30. The van der Waals surface area contributed by atoms with Crippen LogP contribution in [0.5, 0.6) is 5.75 Å². The summed E-state index contributed by atoms with van der Waals surface area (Å²) >= 11 is 0. The molecular weight excluding hydrogens is 268 g/mol. The van der Waals surface area contributed by atoms with Crippen molar-refractivity contribution in [2.24, 2.45) is 5.92 Å². The number of ether oxygens (including phenoxy) is 1. The van der Waals surface area contributed by atoms with Crippen LogP contribution in [0.15, 0.2) is 24.3 Å². The summed E-state index contributed by atoms with van der Waals surface area (Å²) in [6, 6.07) is 7.22. The van der Waals surface area contributed by atoms with Gasteiger partial charge in [0.2, 0.25) is 11.8 Å². The quantitative estimate of drug-likeness (QED) is 0.653. The lowest BCUT2D eigenvalue weighted by atomic mass is 10.1. The van der Waals surface area contributed by atoms with Gasteiger partial charge in [-0.05, 0) is 24.3 Å². The number of methoxy groups -OCH3 is 1. The zero-order chi connectivity index (χ0) is 15.2. The van der Waals surface area contributed by atoms with Gasteiger partial charge in [0.25, 0.3) is 0 Å². The van der Waals surface area contributed by atoms with E-state index in [1.54, 1.807) is 24.1 Å². The van der Waals surface area contributed by atoms with Crippen molar-refractivity contribution in [3.05, 3.63) is 24.3 Å². The van der Waals surface area contributed by atoms with Crippen molar-refractivity contribution in [2.45, 2.75) is 12.8 Å². The molecule has 2 amide bonds. The Bertz CT molecular complexity index is 560. The van der Waals surface area contributed by atoms with Crippen molar-refractivity contribution in [3.63, 3.8) is 0 Å². The van der Waals surface area contributed by atoms with Gasteiger partial charge in [-0.25, -0.2) is 0 Å². The van der Waals surface area contributed by atoms with Crippen molar-refractivity contribution in [1.29, 1.82) is 0 Å². The maximum Gasteiger partial charge on any atom is 0.227 e. The van der Waals surface area contributed by atoms with Crippen molar-refractivity contribution < 1.29 is 14.3 Å². The minimum atomic E-state index is -0.322. The molecule has 2 rings (SSSR count). The third-order valence-electron chi connectivity index (χ3n) is 3.45. The van der Waals surface area contributed by atoms with Crippen LogP contribution in [0, 0.1) is 18.3 Å². The Kier molecular flexibility index (Phi) is 4.83. The highest BCUT2D eigenvalue weighted by molar-refractivity contribution is 6.00. The first-order valence-corrected chi connectivity index (χ1v) is 6.81. The Morgan fingerprint density at radius 2 is 2.19 bits per heavy atom. The number of anilines is 1. The van der Waals surface area contributed by atoms with E-state index in [9.17, 15) is 9.59 Å². The molecule has 1 unspecified atom stereocenters. The molecule has 0 saturated carbocycles. The first-order valence-electron chi connectivity index (χ1n) is 6.81. The van der Waals surface area contributed by atoms with Gasteiger partial charge in [-0.2, -0.15) is 0 Å². The number of rotatable bonds is 5. The summed E-state index contributed by atoms with van der Waals surface area (Å²) in [5.41, 5.74) is 0.778. The van der Waals surface area contributed by atoms with Gasteiger partial charge < -0.3 is 15.0 Å². The van der Waals surface area contributed by atoms with Gasteiger partial charge in [-0.15, -0.1) is 12.3 Å². The molecule has 0 aromatic heterocycles. The molecule has 1 N–H and O–H groups in total. The highest BCUT2D eigenvalue weighted by atomic mass is 16.5. The second-order valence-corrected chi connectivity index (χ2v) is 4.85. The molecule has 1 aliphatic heterocycles. The van der Waals surface area contributed by atoms with Gasteiger partial charge in [-0.1, -0.05) is 0 Å². The molecule has 110 valence electrons. The number of nitrogens with zero attached hydrogens (tertiary/aromatic N) is 1. The molecule has 5 heteroatoms. The number of carbonyl (C=O) groups excluding carboxylic acids is 2. The Balaban J connectivity index is 1.98. The molecule has 21 heavy (non-hydrogen) atoms. The van der Waals surface area contributed by atoms with Gasteiger partial charge in [0.05, 0.1) is 13.0 Å². The Labute approximate surface area is 124 Å². The lowest BCUT2D eigenvalue weighted by Crippen LogP contribution is -2.33. The lowest BCUT2D eigenvalue weighted by Gasteiger charge is -2.17. The summed E-state index contributed by atoms with van der Waals surface area (Å²) in [7, 11) is 1.59. The maximum absolute atomic E-state index is 12.1. The van der Waals surface area contributed by atoms with E-state index >= 15 is 0 Å². The molecule has 1 fully saturated rings. The molecule has 0 spiro atoms. The average molecular weight is 286 g/mol. The van der Waals surface area contributed by atoms with Gasteiger partial charge in [0.1, 0.15) is 5.75 Å². The molecule has 0 radical (unpaired) electrons. The zero-order valence-electron chi connectivity index (χ0n) is 12.0. The third-order valence-corrected chi connectivity index (χ3v) is 3.45. The van der Waals surface area contributed by atoms with Crippen molar-refractivity contribution in [3.8, 4) is 18.1 Å². The van der Waals surface area contributed by atoms with E-state index in [1.165, 1.54) is 0 Å². The number of carbonyl (C=O) groups is 2. The summed E-state index contributed by atoms with van der Waals surface area (Å²) in [6.45, 7) is 0.843. The highest BCUT2D eigenvalue weighted by Gasteiger charge is 2.34. The first-order chi connectivity index (χ1) is 10.2. The summed E-state index contributed by atoms with van der Waals surface area (Å²) < 4.78 is 5.09. The second-order valence-electron chi connectivity index (χ2n) is 4.85. The molecule has 0 bridgehead atoms. The second kappa shape index (κ2) is 6.80. The molecule has 5 nitrogen and oxygen atoms in total. The van der Waals surface area contributed by atoms with Crippen LogP contribution < -0.4 is 15.0 Å². The maximum atomic E-state index is 12.1. The Hall–Kier alpha value is -2.48. The van der Waals surface area contributed by atoms with E-state index in [4.69, 9.17) is 11.2 Å². The molecule has 1 aromatic carbocycles. The van der Waals surface area contributed by atoms with E-state index in [-0.39, 0.29) is 24.2 Å². The number of hydrogen-bond donors (Lipinski definition) is 1. The first kappa shape index (κ1) is 14.9. The molecular formula is C16H18N2O3. The largest absolute Gasteiger partial charge is 0.497 e. The van der Waals surface area contributed by atoms with E-state index < -0.39 is 0 Å². The fourth-order valence-electron chi connectivity index (χ4n) is 2.30. The van der Waals surface area contributed by atoms with Crippen LogP contribution in [0.3, 0.4) is 0 Å². The van der Waals surface area contributed by atoms with Crippen LogP contribution >= 0.6 is 0 Å². The Morgan fingerprint density at radius 1 is 1.48 bits per heavy atom. The van der Waals surface area contributed by atoms with Crippen molar-refractivity contribution in [1.82, 2.24) is 5.32 Å². The topological polar surface area (TPSA) is 58.6 Å². The standard InChI is InChI=1S/C16H18N2O3/c1-3-4-9-17-16(20)12-10-15(19)18(11-12)13-5-7-14(21-2)8-6-13/h1,5-8,12H,4,9-11H2,2H3,(H,17,20). The summed E-state index contributed by atoms with van der Waals surface area (Å²) in [6.07, 6.45) is 5.86. The van der Waals surface area contributed by atoms with Crippen LogP contribution in [0.1, 0.15) is 12.8 Å². The highest BCUT2D eigenvalue weighted by Crippen LogP contribution is 2.26. The molecule has 1 heterocycles. The summed E-state index contributed by atoms with van der Waals surface area (Å²) in [5.74, 6) is 2.71. The SMILES string of the molecule is C#CCCNC(=O)C1CC(=O)N(c2ccc(OC)cc2)C1. The molecule has 1 atom stereocenters. The van der Waals surface area contributed by atoms with Gasteiger partial charge in [0, 0.05) is 31.6 Å². The van der Waals surface area contributed by atoms with E-state index in [0.717, 1.165) is 11.4 Å². The predicted octanol–water partition coefficient (Wildman–Crippen LogP) is 1.19. The number of nitrogens with one attached hydrogen (secondary N) is 1. The third kappa shape index (κ3) is 3.54. The van der Waals surface area contributed by atoms with Gasteiger partial charge in [-0.3, -0.25) is 9.59 Å². The predicted molar refractivity (Wildman–Crippen MR) is 79.9 cm³/mol. The monoisotopic (exact) mass is 286 g/mol. The van der Waals surface area contributed by atoms with E-state index in [0.29, 0.717) is 19.5 Å². The number of amides is 2. The van der Waals surface area contributed by atoms with Crippen LogP contribution in [0.4, 0.5) is 5.69 Å². The van der Waals surface area contributed by atoms with Crippen LogP contribution in [-0.2, 0) is 9.59 Å². The normalized spacial score (nSPS) is 17.4.